The minimum atomic E-state index is -0.314. The van der Waals surface area contributed by atoms with Crippen LogP contribution in [0.25, 0.3) is 0 Å². The van der Waals surface area contributed by atoms with E-state index in [9.17, 15) is 14.0 Å². The molecule has 3 rings (SSSR count). The number of benzene rings is 2. The van der Waals surface area contributed by atoms with Crippen LogP contribution >= 0.6 is 11.3 Å². The molecular formula is C21H20FN3O2S. The first-order valence-electron chi connectivity index (χ1n) is 8.84. The number of carbonyl (C=O) groups is 2. The number of hydrogen-bond acceptors (Lipinski definition) is 4. The fourth-order valence-corrected chi connectivity index (χ4v) is 3.51. The van der Waals surface area contributed by atoms with Crippen LogP contribution in [0.1, 0.15) is 34.1 Å². The van der Waals surface area contributed by atoms with Crippen molar-refractivity contribution in [3.63, 3.8) is 0 Å². The van der Waals surface area contributed by atoms with Crippen LogP contribution in [0, 0.1) is 5.82 Å². The Morgan fingerprint density at radius 2 is 1.82 bits per heavy atom. The van der Waals surface area contributed by atoms with Crippen LogP contribution in [0.15, 0.2) is 60.8 Å². The number of amides is 2. The summed E-state index contributed by atoms with van der Waals surface area (Å²) in [5.74, 6) is -0.699. The number of anilines is 1. The second-order valence-corrected chi connectivity index (χ2v) is 7.54. The molecule has 1 aromatic heterocycles. The molecule has 7 heteroatoms. The van der Waals surface area contributed by atoms with E-state index in [-0.39, 0.29) is 30.1 Å². The predicted molar refractivity (Wildman–Crippen MR) is 108 cm³/mol. The van der Waals surface area contributed by atoms with Crippen molar-refractivity contribution in [3.8, 4) is 0 Å². The molecule has 0 spiro atoms. The Bertz CT molecular complexity index is 942. The van der Waals surface area contributed by atoms with Crippen LogP contribution in [-0.4, -0.2) is 22.8 Å². The lowest BCUT2D eigenvalue weighted by molar-refractivity contribution is -0.116. The quantitative estimate of drug-likeness (QED) is 0.633. The van der Waals surface area contributed by atoms with E-state index in [2.05, 4.69) is 15.6 Å². The fourth-order valence-electron chi connectivity index (χ4n) is 2.65. The topological polar surface area (TPSA) is 71.1 Å². The summed E-state index contributed by atoms with van der Waals surface area (Å²) in [7, 11) is 0. The molecule has 2 aromatic carbocycles. The van der Waals surface area contributed by atoms with E-state index in [1.807, 2.05) is 6.07 Å². The molecule has 1 unspecified atom stereocenters. The third-order valence-corrected chi connectivity index (χ3v) is 4.91. The van der Waals surface area contributed by atoms with Crippen molar-refractivity contribution in [1.29, 1.82) is 0 Å². The minimum absolute atomic E-state index is 0.144. The molecule has 28 heavy (non-hydrogen) atoms. The molecule has 0 bridgehead atoms. The van der Waals surface area contributed by atoms with Gasteiger partial charge in [-0.2, -0.15) is 0 Å². The summed E-state index contributed by atoms with van der Waals surface area (Å²) in [6, 6.07) is 14.8. The van der Waals surface area contributed by atoms with Gasteiger partial charge in [-0.15, -0.1) is 11.3 Å². The lowest BCUT2D eigenvalue weighted by atomic mass is 10.1. The molecule has 0 aliphatic heterocycles. The average Bonchev–Trinajstić information content (AvgIpc) is 3.10. The van der Waals surface area contributed by atoms with Gasteiger partial charge in [0.15, 0.2) is 5.13 Å². The van der Waals surface area contributed by atoms with Crippen molar-refractivity contribution in [1.82, 2.24) is 10.3 Å². The van der Waals surface area contributed by atoms with Gasteiger partial charge in [0, 0.05) is 35.5 Å². The first kappa shape index (κ1) is 19.7. The molecule has 2 N–H and O–H groups in total. The van der Waals surface area contributed by atoms with Crippen molar-refractivity contribution in [3.05, 3.63) is 82.6 Å². The smallest absolute Gasteiger partial charge is 0.251 e. The van der Waals surface area contributed by atoms with Gasteiger partial charge >= 0.3 is 0 Å². The van der Waals surface area contributed by atoms with Crippen LogP contribution in [0.2, 0.25) is 0 Å². The van der Waals surface area contributed by atoms with Crippen molar-refractivity contribution < 1.29 is 14.0 Å². The minimum Gasteiger partial charge on any atom is -0.349 e. The first-order valence-corrected chi connectivity index (χ1v) is 9.66. The van der Waals surface area contributed by atoms with E-state index < -0.39 is 0 Å². The molecule has 1 atom stereocenters. The molecule has 5 nitrogen and oxygen atoms in total. The highest BCUT2D eigenvalue weighted by Gasteiger charge is 2.14. The van der Waals surface area contributed by atoms with Crippen molar-refractivity contribution in [2.24, 2.45) is 0 Å². The number of rotatable bonds is 7. The second kappa shape index (κ2) is 9.23. The number of carbonyl (C=O) groups excluding carboxylic acids is 2. The maximum Gasteiger partial charge on any atom is 0.251 e. The largest absolute Gasteiger partial charge is 0.349 e. The average molecular weight is 397 g/mol. The Balaban J connectivity index is 1.48. The van der Waals surface area contributed by atoms with E-state index in [1.165, 1.54) is 23.5 Å². The van der Waals surface area contributed by atoms with Crippen LogP contribution in [0.5, 0.6) is 0 Å². The van der Waals surface area contributed by atoms with E-state index >= 15 is 0 Å². The van der Waals surface area contributed by atoms with Crippen LogP contribution in [0.3, 0.4) is 0 Å². The monoisotopic (exact) mass is 397 g/mol. The highest BCUT2D eigenvalue weighted by Crippen LogP contribution is 2.21. The van der Waals surface area contributed by atoms with Crippen LogP contribution < -0.4 is 10.6 Å². The molecule has 0 radical (unpaired) electrons. The number of halogens is 1. The second-order valence-electron chi connectivity index (χ2n) is 6.43. The number of nitrogens with zero attached hydrogens (tertiary/aromatic N) is 1. The number of thiazole rings is 1. The Hall–Kier alpha value is -3.06. The van der Waals surface area contributed by atoms with Gasteiger partial charge in [-0.25, -0.2) is 9.37 Å². The summed E-state index contributed by atoms with van der Waals surface area (Å²) in [6.45, 7) is 1.78. The summed E-state index contributed by atoms with van der Waals surface area (Å²) < 4.78 is 13.0. The van der Waals surface area contributed by atoms with Gasteiger partial charge in [0.05, 0.1) is 0 Å². The van der Waals surface area contributed by atoms with E-state index in [1.54, 1.807) is 49.5 Å². The summed E-state index contributed by atoms with van der Waals surface area (Å²) in [4.78, 5) is 29.5. The Labute approximate surface area is 166 Å². The standard InChI is InChI=1S/C21H20FN3O2S/c1-14(24-20(27)16-5-3-2-4-6-16)11-19(26)25-21-23-13-18(28-21)12-15-7-9-17(22)10-8-15/h2-10,13-14H,11-12H2,1H3,(H,24,27)(H,23,25,26). The number of aromatic nitrogens is 1. The van der Waals surface area contributed by atoms with Gasteiger partial charge in [0.2, 0.25) is 5.91 Å². The van der Waals surface area contributed by atoms with Gasteiger partial charge in [-0.3, -0.25) is 9.59 Å². The highest BCUT2D eigenvalue weighted by molar-refractivity contribution is 7.15. The normalized spacial score (nSPS) is 11.6. The predicted octanol–water partition coefficient (Wildman–Crippen LogP) is 4.02. The summed E-state index contributed by atoms with van der Waals surface area (Å²) in [6.07, 6.45) is 2.47. The maximum absolute atomic E-state index is 13.0. The zero-order valence-electron chi connectivity index (χ0n) is 15.3. The maximum atomic E-state index is 13.0. The molecule has 144 valence electrons. The van der Waals surface area contributed by atoms with Crippen molar-refractivity contribution >= 4 is 28.3 Å². The molecule has 0 saturated carbocycles. The summed E-state index contributed by atoms with van der Waals surface area (Å²) in [5, 5.41) is 6.07. The molecule has 0 aliphatic carbocycles. The fraction of sp³-hybridized carbons (Fsp3) is 0.190. The summed E-state index contributed by atoms with van der Waals surface area (Å²) >= 11 is 1.37. The molecular weight excluding hydrogens is 377 g/mol. The molecule has 2 amide bonds. The molecule has 1 heterocycles. The van der Waals surface area contributed by atoms with Crippen LogP contribution in [-0.2, 0) is 11.2 Å². The Morgan fingerprint density at radius 1 is 1.11 bits per heavy atom. The molecule has 0 fully saturated rings. The van der Waals surface area contributed by atoms with Gasteiger partial charge in [0.1, 0.15) is 5.82 Å². The zero-order valence-corrected chi connectivity index (χ0v) is 16.1. The van der Waals surface area contributed by atoms with Crippen molar-refractivity contribution in [2.45, 2.75) is 25.8 Å². The van der Waals surface area contributed by atoms with Crippen LogP contribution in [0.4, 0.5) is 9.52 Å². The number of nitrogens with one attached hydrogen (secondary N) is 2. The van der Waals surface area contributed by atoms with Gasteiger partial charge in [-0.05, 0) is 36.8 Å². The first-order chi connectivity index (χ1) is 13.5. The van der Waals surface area contributed by atoms with E-state index in [0.717, 1.165) is 10.4 Å². The van der Waals surface area contributed by atoms with Gasteiger partial charge in [0.25, 0.3) is 5.91 Å². The lowest BCUT2D eigenvalue weighted by Crippen LogP contribution is -2.35. The SMILES string of the molecule is CC(CC(=O)Nc1ncc(Cc2ccc(F)cc2)s1)NC(=O)c1ccccc1. The van der Waals surface area contributed by atoms with Gasteiger partial charge < -0.3 is 10.6 Å². The third kappa shape index (κ3) is 5.72. The zero-order chi connectivity index (χ0) is 19.9. The Kier molecular flexibility index (Phi) is 6.49. The Morgan fingerprint density at radius 3 is 2.54 bits per heavy atom. The molecule has 0 aliphatic rings. The van der Waals surface area contributed by atoms with Crippen molar-refractivity contribution in [2.75, 3.05) is 5.32 Å². The van der Waals surface area contributed by atoms with E-state index in [4.69, 9.17) is 0 Å². The number of hydrogen-bond donors (Lipinski definition) is 2. The summed E-state index contributed by atoms with van der Waals surface area (Å²) in [5.41, 5.74) is 1.53. The highest BCUT2D eigenvalue weighted by atomic mass is 32.1. The lowest BCUT2D eigenvalue weighted by Gasteiger charge is -2.13. The van der Waals surface area contributed by atoms with E-state index in [0.29, 0.717) is 17.1 Å². The third-order valence-electron chi connectivity index (χ3n) is 4.00. The van der Waals surface area contributed by atoms with Gasteiger partial charge in [-0.1, -0.05) is 30.3 Å². The molecule has 3 aromatic rings. The molecule has 0 saturated heterocycles.